The van der Waals surface area contributed by atoms with E-state index < -0.39 is 5.54 Å². The standard InChI is InChI=1S/C15H31N3O2/c1-4-8-17-15(2,14(16)19)7-10-18-9-5-6-13(11-18)12-20-3/h13,17H,4-12H2,1-3H3,(H2,16,19). The van der Waals surface area contributed by atoms with Crippen LogP contribution in [0.1, 0.15) is 39.5 Å². The molecule has 1 amide bonds. The van der Waals surface area contributed by atoms with Gasteiger partial charge in [-0.05, 0) is 51.6 Å². The van der Waals surface area contributed by atoms with E-state index in [9.17, 15) is 4.79 Å². The number of carbonyl (C=O) groups is 1. The van der Waals surface area contributed by atoms with Crippen LogP contribution in [-0.2, 0) is 9.53 Å². The molecule has 0 aromatic heterocycles. The SMILES string of the molecule is CCCNC(C)(CCN1CCCC(COC)C1)C(N)=O. The van der Waals surface area contributed by atoms with Crippen LogP contribution in [0.25, 0.3) is 0 Å². The Morgan fingerprint density at radius 2 is 2.30 bits per heavy atom. The summed E-state index contributed by atoms with van der Waals surface area (Å²) in [6, 6.07) is 0. The zero-order valence-corrected chi connectivity index (χ0v) is 13.3. The third-order valence-corrected chi connectivity index (χ3v) is 4.24. The fourth-order valence-electron chi connectivity index (χ4n) is 2.81. The molecule has 5 nitrogen and oxygen atoms in total. The third-order valence-electron chi connectivity index (χ3n) is 4.24. The van der Waals surface area contributed by atoms with E-state index in [2.05, 4.69) is 17.1 Å². The van der Waals surface area contributed by atoms with Crippen molar-refractivity contribution in [2.24, 2.45) is 11.7 Å². The van der Waals surface area contributed by atoms with E-state index in [1.54, 1.807) is 7.11 Å². The number of rotatable bonds is 9. The molecule has 1 rings (SSSR count). The number of hydrogen-bond acceptors (Lipinski definition) is 4. The smallest absolute Gasteiger partial charge is 0.237 e. The number of primary amides is 1. The minimum absolute atomic E-state index is 0.253. The lowest BCUT2D eigenvalue weighted by Crippen LogP contribution is -2.55. The summed E-state index contributed by atoms with van der Waals surface area (Å²) in [4.78, 5) is 14.1. The maximum Gasteiger partial charge on any atom is 0.237 e. The van der Waals surface area contributed by atoms with Crippen LogP contribution in [0.5, 0.6) is 0 Å². The lowest BCUT2D eigenvalue weighted by atomic mass is 9.94. The van der Waals surface area contributed by atoms with Crippen molar-refractivity contribution in [3.8, 4) is 0 Å². The number of methoxy groups -OCH3 is 1. The number of carbonyl (C=O) groups excluding carboxylic acids is 1. The number of nitrogens with two attached hydrogens (primary N) is 1. The van der Waals surface area contributed by atoms with Crippen LogP contribution >= 0.6 is 0 Å². The first kappa shape index (κ1) is 17.4. The van der Waals surface area contributed by atoms with Crippen molar-refractivity contribution < 1.29 is 9.53 Å². The van der Waals surface area contributed by atoms with Gasteiger partial charge in [0.2, 0.25) is 5.91 Å². The van der Waals surface area contributed by atoms with Crippen LogP contribution in [0.3, 0.4) is 0 Å². The van der Waals surface area contributed by atoms with E-state index in [0.29, 0.717) is 5.92 Å². The van der Waals surface area contributed by atoms with Crippen LogP contribution in [-0.4, -0.2) is 56.2 Å². The Bertz CT molecular complexity index is 297. The summed E-state index contributed by atoms with van der Waals surface area (Å²) in [5, 5.41) is 3.30. The Hall–Kier alpha value is -0.650. The molecule has 0 aromatic carbocycles. The zero-order valence-electron chi connectivity index (χ0n) is 13.3. The summed E-state index contributed by atoms with van der Waals surface area (Å²) >= 11 is 0. The Kier molecular flexibility index (Phi) is 7.48. The van der Waals surface area contributed by atoms with Crippen molar-refractivity contribution >= 4 is 5.91 Å². The molecule has 0 bridgehead atoms. The highest BCUT2D eigenvalue weighted by atomic mass is 16.5. The van der Waals surface area contributed by atoms with Crippen molar-refractivity contribution in [2.75, 3.05) is 39.9 Å². The quantitative estimate of drug-likeness (QED) is 0.662. The van der Waals surface area contributed by atoms with Crippen LogP contribution in [0, 0.1) is 5.92 Å². The highest BCUT2D eigenvalue weighted by molar-refractivity contribution is 5.84. The van der Waals surface area contributed by atoms with E-state index in [-0.39, 0.29) is 5.91 Å². The van der Waals surface area contributed by atoms with Gasteiger partial charge in [0.25, 0.3) is 0 Å². The molecule has 0 saturated carbocycles. The second-order valence-electron chi connectivity index (χ2n) is 6.14. The molecular formula is C15H31N3O2. The van der Waals surface area contributed by atoms with Crippen molar-refractivity contribution in [3.63, 3.8) is 0 Å². The zero-order chi connectivity index (χ0) is 15.0. The number of likely N-dealkylation sites (tertiary alicyclic amines) is 1. The van der Waals surface area contributed by atoms with Gasteiger partial charge in [-0.1, -0.05) is 6.92 Å². The summed E-state index contributed by atoms with van der Waals surface area (Å²) < 4.78 is 5.25. The van der Waals surface area contributed by atoms with Crippen molar-refractivity contribution in [1.29, 1.82) is 0 Å². The Morgan fingerprint density at radius 3 is 2.90 bits per heavy atom. The first-order valence-corrected chi connectivity index (χ1v) is 7.78. The summed E-state index contributed by atoms with van der Waals surface area (Å²) in [5.74, 6) is 0.369. The number of piperidine rings is 1. The van der Waals surface area contributed by atoms with Crippen molar-refractivity contribution in [2.45, 2.75) is 45.1 Å². The summed E-state index contributed by atoms with van der Waals surface area (Å²) in [5.41, 5.74) is 4.97. The molecule has 3 N–H and O–H groups in total. The van der Waals surface area contributed by atoms with E-state index in [1.165, 1.54) is 12.8 Å². The number of ether oxygens (including phenoxy) is 1. The lowest BCUT2D eigenvalue weighted by molar-refractivity contribution is -0.124. The van der Waals surface area contributed by atoms with E-state index in [0.717, 1.165) is 45.6 Å². The largest absolute Gasteiger partial charge is 0.384 e. The highest BCUT2D eigenvalue weighted by Crippen LogP contribution is 2.18. The topological polar surface area (TPSA) is 67.6 Å². The monoisotopic (exact) mass is 285 g/mol. The van der Waals surface area contributed by atoms with Crippen LogP contribution in [0.4, 0.5) is 0 Å². The predicted molar refractivity (Wildman–Crippen MR) is 81.6 cm³/mol. The third kappa shape index (κ3) is 5.38. The molecule has 0 radical (unpaired) electrons. The fourth-order valence-corrected chi connectivity index (χ4v) is 2.81. The maximum atomic E-state index is 11.7. The number of nitrogens with zero attached hydrogens (tertiary/aromatic N) is 1. The molecule has 1 aliphatic rings. The van der Waals surface area contributed by atoms with Gasteiger partial charge < -0.3 is 20.7 Å². The van der Waals surface area contributed by atoms with Gasteiger partial charge in [0.15, 0.2) is 0 Å². The second kappa shape index (κ2) is 8.60. The Labute approximate surface area is 123 Å². The average Bonchev–Trinajstić information content (AvgIpc) is 2.43. The van der Waals surface area contributed by atoms with Gasteiger partial charge in [0.05, 0.1) is 12.1 Å². The van der Waals surface area contributed by atoms with E-state index in [4.69, 9.17) is 10.5 Å². The summed E-state index contributed by atoms with van der Waals surface area (Å²) in [6.07, 6.45) is 4.22. The molecular weight excluding hydrogens is 254 g/mol. The summed E-state index contributed by atoms with van der Waals surface area (Å²) in [7, 11) is 1.76. The first-order chi connectivity index (χ1) is 9.51. The van der Waals surface area contributed by atoms with Gasteiger partial charge in [-0.25, -0.2) is 0 Å². The normalized spacial score (nSPS) is 23.4. The Balaban J connectivity index is 2.44. The van der Waals surface area contributed by atoms with Gasteiger partial charge in [0.1, 0.15) is 0 Å². The molecule has 5 heteroatoms. The van der Waals surface area contributed by atoms with E-state index >= 15 is 0 Å². The molecule has 1 fully saturated rings. The molecule has 2 atom stereocenters. The van der Waals surface area contributed by atoms with Crippen LogP contribution in [0.15, 0.2) is 0 Å². The average molecular weight is 285 g/mol. The fraction of sp³-hybridized carbons (Fsp3) is 0.933. The lowest BCUT2D eigenvalue weighted by Gasteiger charge is -2.35. The van der Waals surface area contributed by atoms with Gasteiger partial charge in [-0.2, -0.15) is 0 Å². The van der Waals surface area contributed by atoms with Crippen molar-refractivity contribution in [3.05, 3.63) is 0 Å². The molecule has 2 unspecified atom stereocenters. The van der Waals surface area contributed by atoms with E-state index in [1.807, 2.05) is 6.92 Å². The minimum atomic E-state index is -0.593. The van der Waals surface area contributed by atoms with Crippen molar-refractivity contribution in [1.82, 2.24) is 10.2 Å². The second-order valence-corrected chi connectivity index (χ2v) is 6.14. The molecule has 0 aliphatic carbocycles. The van der Waals surface area contributed by atoms with Crippen LogP contribution < -0.4 is 11.1 Å². The number of amides is 1. The first-order valence-electron chi connectivity index (χ1n) is 7.78. The van der Waals surface area contributed by atoms with Crippen LogP contribution in [0.2, 0.25) is 0 Å². The predicted octanol–water partition coefficient (Wildman–Crippen LogP) is 0.979. The molecule has 20 heavy (non-hydrogen) atoms. The minimum Gasteiger partial charge on any atom is -0.384 e. The Morgan fingerprint density at radius 1 is 1.55 bits per heavy atom. The van der Waals surface area contributed by atoms with Gasteiger partial charge >= 0.3 is 0 Å². The van der Waals surface area contributed by atoms with Gasteiger partial charge in [-0.15, -0.1) is 0 Å². The molecule has 1 aliphatic heterocycles. The maximum absolute atomic E-state index is 11.7. The summed E-state index contributed by atoms with van der Waals surface area (Å²) in [6.45, 7) is 8.76. The molecule has 0 spiro atoms. The molecule has 0 aromatic rings. The van der Waals surface area contributed by atoms with Gasteiger partial charge in [-0.3, -0.25) is 4.79 Å². The number of hydrogen-bond donors (Lipinski definition) is 2. The van der Waals surface area contributed by atoms with Gasteiger partial charge in [0, 0.05) is 20.2 Å². The molecule has 1 heterocycles. The molecule has 118 valence electrons. The highest BCUT2D eigenvalue weighted by Gasteiger charge is 2.31. The molecule has 1 saturated heterocycles. The number of nitrogens with one attached hydrogen (secondary N) is 1.